The van der Waals surface area contributed by atoms with E-state index in [1.165, 1.54) is 4.57 Å². The van der Waals surface area contributed by atoms with Crippen LogP contribution >= 0.6 is 12.2 Å². The van der Waals surface area contributed by atoms with Crippen molar-refractivity contribution in [3.8, 4) is 11.5 Å². The number of ether oxygens (including phenoxy) is 2. The summed E-state index contributed by atoms with van der Waals surface area (Å²) in [5, 5.41) is 0.525. The van der Waals surface area contributed by atoms with E-state index >= 15 is 0 Å². The largest absolute Gasteiger partial charge is 0.454 e. The SMILES string of the molecule is O=C(Cn1c(=S)[nH]c2ccccc2c1=O)N1CCN(Cc2ccc3c(c2)OCO3)CC1. The molecule has 1 N–H and O–H groups in total. The average molecular weight is 439 g/mol. The summed E-state index contributed by atoms with van der Waals surface area (Å²) < 4.78 is 12.4. The Kier molecular flexibility index (Phi) is 5.21. The van der Waals surface area contributed by atoms with Gasteiger partial charge in [0.05, 0.1) is 10.9 Å². The lowest BCUT2D eigenvalue weighted by atomic mass is 10.1. The van der Waals surface area contributed by atoms with Crippen molar-refractivity contribution in [3.05, 3.63) is 63.2 Å². The van der Waals surface area contributed by atoms with Crippen molar-refractivity contribution in [1.82, 2.24) is 19.4 Å². The van der Waals surface area contributed by atoms with Gasteiger partial charge in [-0.05, 0) is 42.0 Å². The Morgan fingerprint density at radius 2 is 1.81 bits per heavy atom. The summed E-state index contributed by atoms with van der Waals surface area (Å²) in [7, 11) is 0. The summed E-state index contributed by atoms with van der Waals surface area (Å²) in [6.07, 6.45) is 0. The van der Waals surface area contributed by atoms with Crippen LogP contribution in [-0.4, -0.2) is 58.2 Å². The smallest absolute Gasteiger partial charge is 0.262 e. The number of hydrogen-bond donors (Lipinski definition) is 1. The standard InChI is InChI=1S/C22H22N4O4S/c27-20(13-26-21(28)16-3-1-2-4-17(16)23-22(26)31)25-9-7-24(8-10-25)12-15-5-6-18-19(11-15)30-14-29-18/h1-6,11H,7-10,12-14H2,(H,23,31). The number of nitrogens with zero attached hydrogens (tertiary/aromatic N) is 3. The highest BCUT2D eigenvalue weighted by Gasteiger charge is 2.23. The van der Waals surface area contributed by atoms with Crippen LogP contribution in [0.4, 0.5) is 0 Å². The van der Waals surface area contributed by atoms with E-state index < -0.39 is 0 Å². The monoisotopic (exact) mass is 438 g/mol. The number of fused-ring (bicyclic) bond motifs is 2. The van der Waals surface area contributed by atoms with Gasteiger partial charge in [0.15, 0.2) is 16.3 Å². The molecule has 1 saturated heterocycles. The minimum atomic E-state index is -0.242. The molecule has 160 valence electrons. The molecule has 2 aliphatic rings. The average Bonchev–Trinajstić information content (AvgIpc) is 3.25. The molecule has 0 radical (unpaired) electrons. The van der Waals surface area contributed by atoms with E-state index in [4.69, 9.17) is 21.7 Å². The van der Waals surface area contributed by atoms with Gasteiger partial charge in [-0.1, -0.05) is 18.2 Å². The van der Waals surface area contributed by atoms with Gasteiger partial charge >= 0.3 is 0 Å². The fourth-order valence-corrected chi connectivity index (χ4v) is 4.29. The summed E-state index contributed by atoms with van der Waals surface area (Å²) in [6, 6.07) is 13.2. The number of carbonyl (C=O) groups is 1. The van der Waals surface area contributed by atoms with Crippen LogP contribution in [0.25, 0.3) is 10.9 Å². The fraction of sp³-hybridized carbons (Fsp3) is 0.318. The van der Waals surface area contributed by atoms with E-state index in [0.29, 0.717) is 24.0 Å². The number of hydrogen-bond acceptors (Lipinski definition) is 6. The van der Waals surface area contributed by atoms with Crippen LogP contribution in [0.15, 0.2) is 47.3 Å². The van der Waals surface area contributed by atoms with Gasteiger partial charge in [0, 0.05) is 32.7 Å². The number of amides is 1. The van der Waals surface area contributed by atoms with Crippen molar-refractivity contribution in [2.75, 3.05) is 33.0 Å². The molecule has 1 amide bonds. The second kappa shape index (κ2) is 8.16. The first kappa shape index (κ1) is 19.8. The molecule has 1 aromatic heterocycles. The Bertz CT molecular complexity index is 1260. The Labute approximate surface area is 183 Å². The van der Waals surface area contributed by atoms with Gasteiger partial charge in [0.1, 0.15) is 6.54 Å². The summed E-state index contributed by atoms with van der Waals surface area (Å²) in [6.45, 7) is 3.75. The summed E-state index contributed by atoms with van der Waals surface area (Å²) in [5.74, 6) is 1.46. The van der Waals surface area contributed by atoms with Crippen LogP contribution < -0.4 is 15.0 Å². The lowest BCUT2D eigenvalue weighted by molar-refractivity contribution is -0.133. The quantitative estimate of drug-likeness (QED) is 0.629. The van der Waals surface area contributed by atoms with E-state index in [-0.39, 0.29) is 29.6 Å². The molecule has 2 aliphatic heterocycles. The summed E-state index contributed by atoms with van der Waals surface area (Å²) in [5.41, 5.74) is 1.59. The zero-order valence-electron chi connectivity index (χ0n) is 16.9. The van der Waals surface area contributed by atoms with Crippen LogP contribution in [0.1, 0.15) is 5.56 Å². The third-order valence-electron chi connectivity index (χ3n) is 5.75. The Hall–Kier alpha value is -3.17. The first-order valence-corrected chi connectivity index (χ1v) is 10.6. The molecule has 5 rings (SSSR count). The summed E-state index contributed by atoms with van der Waals surface area (Å²) >= 11 is 5.32. The first-order chi connectivity index (χ1) is 15.1. The molecule has 0 saturated carbocycles. The van der Waals surface area contributed by atoms with Gasteiger partial charge in [0.25, 0.3) is 5.56 Å². The third-order valence-corrected chi connectivity index (χ3v) is 6.07. The van der Waals surface area contributed by atoms with Gasteiger partial charge in [-0.25, -0.2) is 0 Å². The summed E-state index contributed by atoms with van der Waals surface area (Å²) in [4.78, 5) is 32.8. The van der Waals surface area contributed by atoms with Crippen molar-refractivity contribution in [2.24, 2.45) is 0 Å². The van der Waals surface area contributed by atoms with E-state index in [9.17, 15) is 9.59 Å². The highest BCUT2D eigenvalue weighted by atomic mass is 32.1. The van der Waals surface area contributed by atoms with Gasteiger partial charge in [0.2, 0.25) is 12.7 Å². The maximum absolute atomic E-state index is 12.9. The maximum atomic E-state index is 12.9. The molecule has 0 unspecified atom stereocenters. The highest BCUT2D eigenvalue weighted by Crippen LogP contribution is 2.32. The second-order valence-corrected chi connectivity index (χ2v) is 8.10. The number of benzene rings is 2. The van der Waals surface area contributed by atoms with Crippen molar-refractivity contribution in [2.45, 2.75) is 13.1 Å². The number of piperazine rings is 1. The Morgan fingerprint density at radius 3 is 2.65 bits per heavy atom. The zero-order valence-corrected chi connectivity index (χ0v) is 17.7. The molecule has 3 heterocycles. The molecule has 0 aliphatic carbocycles. The molecule has 8 nitrogen and oxygen atoms in total. The molecule has 9 heteroatoms. The molecular formula is C22H22N4O4S. The highest BCUT2D eigenvalue weighted by molar-refractivity contribution is 7.71. The van der Waals surface area contributed by atoms with Gasteiger partial charge < -0.3 is 19.4 Å². The number of para-hydroxylation sites is 1. The van der Waals surface area contributed by atoms with Crippen LogP contribution in [0.3, 0.4) is 0 Å². The van der Waals surface area contributed by atoms with Gasteiger partial charge in [-0.2, -0.15) is 0 Å². The van der Waals surface area contributed by atoms with Crippen LogP contribution in [0, 0.1) is 4.77 Å². The Morgan fingerprint density at radius 1 is 1.03 bits per heavy atom. The van der Waals surface area contributed by atoms with E-state index in [0.717, 1.165) is 36.7 Å². The molecule has 3 aromatic rings. The first-order valence-electron chi connectivity index (χ1n) is 10.2. The molecular weight excluding hydrogens is 416 g/mol. The van der Waals surface area contributed by atoms with Crippen molar-refractivity contribution in [3.63, 3.8) is 0 Å². The normalized spacial score (nSPS) is 16.1. The zero-order chi connectivity index (χ0) is 21.4. The molecule has 0 bridgehead atoms. The van der Waals surface area contributed by atoms with Crippen LogP contribution in [0.2, 0.25) is 0 Å². The van der Waals surface area contributed by atoms with E-state index in [1.807, 2.05) is 24.3 Å². The number of aromatic nitrogens is 2. The fourth-order valence-electron chi connectivity index (χ4n) is 4.03. The van der Waals surface area contributed by atoms with Crippen molar-refractivity contribution >= 4 is 29.0 Å². The lowest BCUT2D eigenvalue weighted by Gasteiger charge is -2.34. The predicted molar refractivity (Wildman–Crippen MR) is 118 cm³/mol. The van der Waals surface area contributed by atoms with Crippen LogP contribution in [-0.2, 0) is 17.9 Å². The van der Waals surface area contributed by atoms with E-state index in [2.05, 4.69) is 9.88 Å². The maximum Gasteiger partial charge on any atom is 0.262 e. The number of nitrogens with one attached hydrogen (secondary N) is 1. The molecule has 0 atom stereocenters. The van der Waals surface area contributed by atoms with Gasteiger partial charge in [-0.3, -0.25) is 19.1 Å². The molecule has 2 aromatic carbocycles. The van der Waals surface area contributed by atoms with Gasteiger partial charge in [-0.15, -0.1) is 0 Å². The number of H-pyrrole nitrogens is 1. The number of aromatic amines is 1. The van der Waals surface area contributed by atoms with E-state index in [1.54, 1.807) is 23.1 Å². The third kappa shape index (κ3) is 3.94. The number of rotatable bonds is 4. The van der Waals surface area contributed by atoms with Crippen molar-refractivity contribution in [1.29, 1.82) is 0 Å². The van der Waals surface area contributed by atoms with Crippen LogP contribution in [0.5, 0.6) is 11.5 Å². The minimum Gasteiger partial charge on any atom is -0.454 e. The van der Waals surface area contributed by atoms with Crippen molar-refractivity contribution < 1.29 is 14.3 Å². The minimum absolute atomic E-state index is 0.0544. The molecule has 0 spiro atoms. The Balaban J connectivity index is 1.22. The molecule has 31 heavy (non-hydrogen) atoms. The second-order valence-electron chi connectivity index (χ2n) is 7.71. The predicted octanol–water partition coefficient (Wildman–Crippen LogP) is 2.13. The topological polar surface area (TPSA) is 79.8 Å². The lowest BCUT2D eigenvalue weighted by Crippen LogP contribution is -2.49. The number of carbonyl (C=O) groups excluding carboxylic acids is 1. The molecule has 1 fully saturated rings.